The highest BCUT2D eigenvalue weighted by Gasteiger charge is 2.05. The highest BCUT2D eigenvalue weighted by atomic mass is 127. The van der Waals surface area contributed by atoms with Crippen LogP contribution in [-0.2, 0) is 24.8 Å². The van der Waals surface area contributed by atoms with Crippen LogP contribution in [0.3, 0.4) is 0 Å². The van der Waals surface area contributed by atoms with Crippen LogP contribution in [0.25, 0.3) is 0 Å². The quantitative estimate of drug-likeness (QED) is 0.256. The summed E-state index contributed by atoms with van der Waals surface area (Å²) in [7, 11) is 3.61. The number of nitrogens with one attached hydrogen (secondary N) is 2. The molecule has 9 heteroatoms. The maximum atomic E-state index is 5.91. The number of hydrogen-bond donors (Lipinski definition) is 2. The first-order valence-corrected chi connectivity index (χ1v) is 8.58. The van der Waals surface area contributed by atoms with Gasteiger partial charge in [-0.25, -0.2) is 4.99 Å². The summed E-state index contributed by atoms with van der Waals surface area (Å²) < 4.78 is 7.01. The summed E-state index contributed by atoms with van der Waals surface area (Å²) >= 11 is 5.91. The molecule has 2 N–H and O–H groups in total. The molecule has 0 unspecified atom stereocenters. The molecular formula is C17H26ClIN6O. The zero-order valence-electron chi connectivity index (χ0n) is 15.3. The van der Waals surface area contributed by atoms with Crippen LogP contribution in [0.1, 0.15) is 17.2 Å². The van der Waals surface area contributed by atoms with Gasteiger partial charge in [0.15, 0.2) is 11.8 Å². The SMILES string of the molecule is COCCNC(=NCc1nnc(C)n1C)NCCc1ccc(Cl)cc1.I. The number of rotatable bonds is 8. The molecule has 144 valence electrons. The van der Waals surface area contributed by atoms with Gasteiger partial charge >= 0.3 is 0 Å². The monoisotopic (exact) mass is 492 g/mol. The van der Waals surface area contributed by atoms with Gasteiger partial charge in [-0.1, -0.05) is 23.7 Å². The molecule has 2 rings (SSSR count). The molecule has 0 radical (unpaired) electrons. The van der Waals surface area contributed by atoms with Crippen LogP contribution in [0.4, 0.5) is 0 Å². The Balaban J connectivity index is 0.00000338. The minimum absolute atomic E-state index is 0. The third-order valence-corrected chi connectivity index (χ3v) is 4.03. The van der Waals surface area contributed by atoms with Crippen LogP contribution >= 0.6 is 35.6 Å². The molecular weight excluding hydrogens is 467 g/mol. The summed E-state index contributed by atoms with van der Waals surface area (Å²) in [6.07, 6.45) is 0.880. The molecule has 0 aliphatic heterocycles. The molecule has 0 aliphatic carbocycles. The lowest BCUT2D eigenvalue weighted by atomic mass is 10.1. The van der Waals surface area contributed by atoms with Gasteiger partial charge in [-0.05, 0) is 31.0 Å². The molecule has 0 saturated carbocycles. The molecule has 2 aromatic rings. The smallest absolute Gasteiger partial charge is 0.191 e. The third kappa shape index (κ3) is 7.46. The summed E-state index contributed by atoms with van der Waals surface area (Å²) in [6, 6.07) is 7.86. The Bertz CT molecular complexity index is 689. The van der Waals surface area contributed by atoms with E-state index in [1.54, 1.807) is 7.11 Å². The average Bonchev–Trinajstić information content (AvgIpc) is 2.93. The molecule has 7 nitrogen and oxygen atoms in total. The van der Waals surface area contributed by atoms with Gasteiger partial charge in [-0.15, -0.1) is 34.2 Å². The summed E-state index contributed by atoms with van der Waals surface area (Å²) in [4.78, 5) is 4.58. The van der Waals surface area contributed by atoms with Gasteiger partial charge in [-0.3, -0.25) is 0 Å². The Morgan fingerprint density at radius 1 is 1.19 bits per heavy atom. The number of benzene rings is 1. The van der Waals surface area contributed by atoms with Crippen LogP contribution < -0.4 is 10.6 Å². The number of methoxy groups -OCH3 is 1. The fourth-order valence-electron chi connectivity index (χ4n) is 2.16. The lowest BCUT2D eigenvalue weighted by Crippen LogP contribution is -2.40. The van der Waals surface area contributed by atoms with Crippen molar-refractivity contribution in [1.82, 2.24) is 25.4 Å². The molecule has 1 heterocycles. The Morgan fingerprint density at radius 2 is 1.88 bits per heavy atom. The standard InChI is InChI=1S/C17H25ClN6O.HI/c1-13-22-23-16(24(13)2)12-21-17(20-10-11-25-3)19-9-8-14-4-6-15(18)7-5-14;/h4-7H,8-12H2,1-3H3,(H2,19,20,21);1H. The number of aryl methyl sites for hydroxylation is 1. The molecule has 1 aromatic carbocycles. The number of halogens is 2. The van der Waals surface area contributed by atoms with Crippen molar-refractivity contribution in [2.75, 3.05) is 26.8 Å². The van der Waals surface area contributed by atoms with E-state index in [4.69, 9.17) is 16.3 Å². The van der Waals surface area contributed by atoms with Crippen LogP contribution in [0.5, 0.6) is 0 Å². The highest BCUT2D eigenvalue weighted by Crippen LogP contribution is 2.09. The first-order chi connectivity index (χ1) is 12.1. The number of guanidine groups is 1. The van der Waals surface area contributed by atoms with Crippen molar-refractivity contribution in [1.29, 1.82) is 0 Å². The molecule has 0 spiro atoms. The molecule has 0 saturated heterocycles. The predicted molar refractivity (Wildman–Crippen MR) is 115 cm³/mol. The summed E-state index contributed by atoms with van der Waals surface area (Å²) in [5.74, 6) is 2.42. The van der Waals surface area contributed by atoms with E-state index in [1.807, 2.05) is 42.8 Å². The van der Waals surface area contributed by atoms with Crippen molar-refractivity contribution in [2.45, 2.75) is 19.9 Å². The Kier molecular flexibility index (Phi) is 10.5. The van der Waals surface area contributed by atoms with E-state index in [9.17, 15) is 0 Å². The zero-order chi connectivity index (χ0) is 18.1. The Morgan fingerprint density at radius 3 is 2.50 bits per heavy atom. The molecule has 1 aromatic heterocycles. The summed E-state index contributed by atoms with van der Waals surface area (Å²) in [5.41, 5.74) is 1.22. The fourth-order valence-corrected chi connectivity index (χ4v) is 2.29. The van der Waals surface area contributed by atoms with Crippen molar-refractivity contribution >= 4 is 41.5 Å². The minimum atomic E-state index is 0. The molecule has 0 fully saturated rings. The molecule has 26 heavy (non-hydrogen) atoms. The second-order valence-corrected chi connectivity index (χ2v) is 6.05. The van der Waals surface area contributed by atoms with Gasteiger partial charge in [0.2, 0.25) is 0 Å². The largest absolute Gasteiger partial charge is 0.383 e. The highest BCUT2D eigenvalue weighted by molar-refractivity contribution is 14.0. The maximum absolute atomic E-state index is 5.91. The third-order valence-electron chi connectivity index (χ3n) is 3.78. The summed E-state index contributed by atoms with van der Waals surface area (Å²) in [6.45, 7) is 4.43. The van der Waals surface area contributed by atoms with Crippen molar-refractivity contribution in [3.63, 3.8) is 0 Å². The van der Waals surface area contributed by atoms with Crippen LogP contribution in [0.2, 0.25) is 5.02 Å². The number of nitrogens with zero attached hydrogens (tertiary/aromatic N) is 4. The Hall–Kier alpha value is -1.39. The Labute approximate surface area is 176 Å². The van der Waals surface area contributed by atoms with E-state index in [1.165, 1.54) is 5.56 Å². The van der Waals surface area contributed by atoms with E-state index in [0.717, 1.165) is 35.6 Å². The van der Waals surface area contributed by atoms with Crippen LogP contribution in [0.15, 0.2) is 29.3 Å². The van der Waals surface area contributed by atoms with Gasteiger partial charge in [0.1, 0.15) is 12.4 Å². The lowest BCUT2D eigenvalue weighted by molar-refractivity contribution is 0.203. The van der Waals surface area contributed by atoms with Gasteiger partial charge in [-0.2, -0.15) is 0 Å². The molecule has 0 aliphatic rings. The molecule has 0 atom stereocenters. The van der Waals surface area contributed by atoms with Gasteiger partial charge in [0.05, 0.1) is 6.61 Å². The van der Waals surface area contributed by atoms with Crippen molar-refractivity contribution < 1.29 is 4.74 Å². The van der Waals surface area contributed by atoms with Crippen molar-refractivity contribution in [3.05, 3.63) is 46.5 Å². The first kappa shape index (κ1) is 22.7. The van der Waals surface area contributed by atoms with E-state index in [-0.39, 0.29) is 24.0 Å². The van der Waals surface area contributed by atoms with E-state index in [2.05, 4.69) is 25.8 Å². The first-order valence-electron chi connectivity index (χ1n) is 8.20. The second-order valence-electron chi connectivity index (χ2n) is 5.61. The normalized spacial score (nSPS) is 11.2. The van der Waals surface area contributed by atoms with Gasteiger partial charge in [0.25, 0.3) is 0 Å². The van der Waals surface area contributed by atoms with Crippen LogP contribution in [0, 0.1) is 6.92 Å². The second kappa shape index (κ2) is 12.1. The number of aromatic nitrogens is 3. The van der Waals surface area contributed by atoms with E-state index in [0.29, 0.717) is 19.7 Å². The predicted octanol–water partition coefficient (Wildman–Crippen LogP) is 2.32. The number of ether oxygens (including phenoxy) is 1. The van der Waals surface area contributed by atoms with E-state index >= 15 is 0 Å². The molecule has 0 bridgehead atoms. The average molecular weight is 493 g/mol. The van der Waals surface area contributed by atoms with E-state index < -0.39 is 0 Å². The number of aliphatic imine (C=N–C) groups is 1. The topological polar surface area (TPSA) is 76.4 Å². The minimum Gasteiger partial charge on any atom is -0.383 e. The fraction of sp³-hybridized carbons (Fsp3) is 0.471. The van der Waals surface area contributed by atoms with Crippen molar-refractivity contribution in [2.24, 2.45) is 12.0 Å². The maximum Gasteiger partial charge on any atom is 0.191 e. The lowest BCUT2D eigenvalue weighted by Gasteiger charge is -2.12. The number of hydrogen-bond acceptors (Lipinski definition) is 4. The van der Waals surface area contributed by atoms with Crippen molar-refractivity contribution in [3.8, 4) is 0 Å². The van der Waals surface area contributed by atoms with Gasteiger partial charge < -0.3 is 19.9 Å². The van der Waals surface area contributed by atoms with Gasteiger partial charge in [0, 0.05) is 32.3 Å². The molecule has 0 amide bonds. The zero-order valence-corrected chi connectivity index (χ0v) is 18.4. The summed E-state index contributed by atoms with van der Waals surface area (Å²) in [5, 5.41) is 15.5. The van der Waals surface area contributed by atoms with Crippen LogP contribution in [-0.4, -0.2) is 47.5 Å².